The maximum absolute atomic E-state index is 5.67. The van der Waals surface area contributed by atoms with Gasteiger partial charge < -0.3 is 15.8 Å². The summed E-state index contributed by atoms with van der Waals surface area (Å²) in [6.07, 6.45) is 2.00. The first kappa shape index (κ1) is 11.2. The average molecular weight is 221 g/mol. The summed E-state index contributed by atoms with van der Waals surface area (Å²) in [4.78, 5) is 4.24. The third-order valence-electron chi connectivity index (χ3n) is 2.82. The van der Waals surface area contributed by atoms with Gasteiger partial charge in [0.25, 0.3) is 0 Å². The molecule has 1 aromatic rings. The molecule has 2 rings (SSSR count). The van der Waals surface area contributed by atoms with Crippen molar-refractivity contribution < 1.29 is 4.74 Å². The van der Waals surface area contributed by atoms with Crippen LogP contribution in [0.1, 0.15) is 26.7 Å². The first-order valence-electron chi connectivity index (χ1n) is 5.68. The number of rotatable bonds is 2. The largest absolute Gasteiger partial charge is 0.384 e. The molecule has 1 saturated heterocycles. The summed E-state index contributed by atoms with van der Waals surface area (Å²) in [5.41, 5.74) is 5.60. The second kappa shape index (κ2) is 4.29. The summed E-state index contributed by atoms with van der Waals surface area (Å²) < 4.78 is 5.67. The third kappa shape index (κ3) is 2.85. The zero-order chi connectivity index (χ0) is 11.6. The van der Waals surface area contributed by atoms with Gasteiger partial charge in [0.15, 0.2) is 0 Å². The topological polar surface area (TPSA) is 60.2 Å². The molecule has 1 aliphatic heterocycles. The SMILES string of the molecule is CC1(C)CC(Nc2cccc(N)n2)CCO1. The molecule has 1 atom stereocenters. The Bertz CT molecular complexity index is 365. The van der Waals surface area contributed by atoms with E-state index in [1.54, 1.807) is 6.07 Å². The molecule has 4 heteroatoms. The first-order valence-corrected chi connectivity index (χ1v) is 5.68. The van der Waals surface area contributed by atoms with Crippen molar-refractivity contribution in [2.45, 2.75) is 38.3 Å². The van der Waals surface area contributed by atoms with Crippen LogP contribution in [0.4, 0.5) is 11.6 Å². The lowest BCUT2D eigenvalue weighted by Gasteiger charge is -2.36. The zero-order valence-corrected chi connectivity index (χ0v) is 9.86. The zero-order valence-electron chi connectivity index (χ0n) is 9.86. The van der Waals surface area contributed by atoms with Crippen LogP contribution in [0.5, 0.6) is 0 Å². The molecule has 1 aromatic heterocycles. The highest BCUT2D eigenvalue weighted by Crippen LogP contribution is 2.25. The number of pyridine rings is 1. The van der Waals surface area contributed by atoms with Crippen molar-refractivity contribution in [1.29, 1.82) is 0 Å². The molecule has 88 valence electrons. The minimum absolute atomic E-state index is 0.0454. The van der Waals surface area contributed by atoms with Crippen LogP contribution in [0.2, 0.25) is 0 Å². The second-order valence-corrected chi connectivity index (χ2v) is 4.89. The van der Waals surface area contributed by atoms with Gasteiger partial charge in [0, 0.05) is 12.6 Å². The number of aromatic nitrogens is 1. The van der Waals surface area contributed by atoms with Crippen LogP contribution in [0.15, 0.2) is 18.2 Å². The van der Waals surface area contributed by atoms with E-state index in [9.17, 15) is 0 Å². The van der Waals surface area contributed by atoms with Gasteiger partial charge >= 0.3 is 0 Å². The quantitative estimate of drug-likeness (QED) is 0.802. The molecule has 0 radical (unpaired) electrons. The van der Waals surface area contributed by atoms with E-state index in [0.29, 0.717) is 11.9 Å². The predicted molar refractivity (Wildman–Crippen MR) is 65.3 cm³/mol. The molecule has 0 aliphatic carbocycles. The van der Waals surface area contributed by atoms with Crippen molar-refractivity contribution in [1.82, 2.24) is 4.98 Å². The Hall–Kier alpha value is -1.29. The van der Waals surface area contributed by atoms with Crippen LogP contribution in [-0.4, -0.2) is 23.2 Å². The van der Waals surface area contributed by atoms with Gasteiger partial charge in [0.05, 0.1) is 5.60 Å². The van der Waals surface area contributed by atoms with Crippen molar-refractivity contribution in [2.24, 2.45) is 0 Å². The molecule has 4 nitrogen and oxygen atoms in total. The van der Waals surface area contributed by atoms with E-state index in [1.807, 2.05) is 12.1 Å². The van der Waals surface area contributed by atoms with Crippen LogP contribution in [0.3, 0.4) is 0 Å². The maximum Gasteiger partial charge on any atom is 0.128 e. The summed E-state index contributed by atoms with van der Waals surface area (Å²) in [6, 6.07) is 6.06. The van der Waals surface area contributed by atoms with E-state index in [0.717, 1.165) is 25.3 Å². The normalized spacial score (nSPS) is 24.0. The standard InChI is InChI=1S/C12H19N3O/c1-12(2)8-9(6-7-16-12)14-11-5-3-4-10(13)15-11/h3-5,9H,6-8H2,1-2H3,(H3,13,14,15). The number of nitrogens with two attached hydrogens (primary N) is 1. The highest BCUT2D eigenvalue weighted by Gasteiger charge is 2.28. The molecule has 0 amide bonds. The molecule has 16 heavy (non-hydrogen) atoms. The van der Waals surface area contributed by atoms with Crippen LogP contribution < -0.4 is 11.1 Å². The molecule has 0 aromatic carbocycles. The van der Waals surface area contributed by atoms with Gasteiger partial charge in [-0.25, -0.2) is 4.98 Å². The van der Waals surface area contributed by atoms with Gasteiger partial charge in [-0.1, -0.05) is 6.07 Å². The Morgan fingerprint density at radius 3 is 3.00 bits per heavy atom. The maximum atomic E-state index is 5.67. The van der Waals surface area contributed by atoms with Crippen molar-refractivity contribution in [3.63, 3.8) is 0 Å². The van der Waals surface area contributed by atoms with Gasteiger partial charge in [-0.3, -0.25) is 0 Å². The molecular weight excluding hydrogens is 202 g/mol. The molecule has 1 fully saturated rings. The third-order valence-corrected chi connectivity index (χ3v) is 2.82. The summed E-state index contributed by atoms with van der Waals surface area (Å²) >= 11 is 0. The van der Waals surface area contributed by atoms with Crippen molar-refractivity contribution in [3.8, 4) is 0 Å². The van der Waals surface area contributed by atoms with Crippen molar-refractivity contribution in [2.75, 3.05) is 17.7 Å². The molecule has 0 spiro atoms. The number of ether oxygens (including phenoxy) is 1. The lowest BCUT2D eigenvalue weighted by atomic mass is 9.94. The summed E-state index contributed by atoms with van der Waals surface area (Å²) in [5.74, 6) is 1.40. The van der Waals surface area contributed by atoms with E-state index in [1.165, 1.54) is 0 Å². The second-order valence-electron chi connectivity index (χ2n) is 4.89. The molecule has 1 aliphatic rings. The fourth-order valence-corrected chi connectivity index (χ4v) is 2.10. The summed E-state index contributed by atoms with van der Waals surface area (Å²) in [5, 5.41) is 3.41. The van der Waals surface area contributed by atoms with E-state index < -0.39 is 0 Å². The summed E-state index contributed by atoms with van der Waals surface area (Å²) in [6.45, 7) is 5.04. The molecule has 2 heterocycles. The van der Waals surface area contributed by atoms with Gasteiger partial charge in [0.2, 0.25) is 0 Å². The number of nitrogens with zero attached hydrogens (tertiary/aromatic N) is 1. The first-order chi connectivity index (χ1) is 7.55. The van der Waals surface area contributed by atoms with Gasteiger partial charge in [-0.2, -0.15) is 0 Å². The molecular formula is C12H19N3O. The van der Waals surface area contributed by atoms with Crippen molar-refractivity contribution in [3.05, 3.63) is 18.2 Å². The number of hydrogen-bond acceptors (Lipinski definition) is 4. The Morgan fingerprint density at radius 1 is 1.50 bits per heavy atom. The van der Waals surface area contributed by atoms with E-state index in [2.05, 4.69) is 24.1 Å². The monoisotopic (exact) mass is 221 g/mol. The highest BCUT2D eigenvalue weighted by atomic mass is 16.5. The van der Waals surface area contributed by atoms with Crippen LogP contribution in [0, 0.1) is 0 Å². The van der Waals surface area contributed by atoms with Crippen LogP contribution >= 0.6 is 0 Å². The smallest absolute Gasteiger partial charge is 0.128 e. The molecule has 1 unspecified atom stereocenters. The lowest BCUT2D eigenvalue weighted by molar-refractivity contribution is -0.0553. The van der Waals surface area contributed by atoms with Crippen molar-refractivity contribution >= 4 is 11.6 Å². The lowest BCUT2D eigenvalue weighted by Crippen LogP contribution is -2.40. The Balaban J connectivity index is 1.99. The Kier molecular flexibility index (Phi) is 3.01. The minimum Gasteiger partial charge on any atom is -0.384 e. The molecule has 3 N–H and O–H groups in total. The fourth-order valence-electron chi connectivity index (χ4n) is 2.10. The number of nitrogens with one attached hydrogen (secondary N) is 1. The highest BCUT2D eigenvalue weighted by molar-refractivity contribution is 5.42. The molecule has 0 bridgehead atoms. The Morgan fingerprint density at radius 2 is 2.31 bits per heavy atom. The predicted octanol–water partition coefficient (Wildman–Crippen LogP) is 2.03. The Labute approximate surface area is 96.2 Å². The van der Waals surface area contributed by atoms with Gasteiger partial charge in [-0.05, 0) is 38.8 Å². The molecule has 0 saturated carbocycles. The van der Waals surface area contributed by atoms with Crippen LogP contribution in [-0.2, 0) is 4.74 Å². The number of anilines is 2. The van der Waals surface area contributed by atoms with E-state index in [-0.39, 0.29) is 5.60 Å². The van der Waals surface area contributed by atoms with E-state index >= 15 is 0 Å². The van der Waals surface area contributed by atoms with E-state index in [4.69, 9.17) is 10.5 Å². The number of hydrogen-bond donors (Lipinski definition) is 2. The minimum atomic E-state index is -0.0454. The van der Waals surface area contributed by atoms with Gasteiger partial charge in [0.1, 0.15) is 11.6 Å². The fraction of sp³-hybridized carbons (Fsp3) is 0.583. The van der Waals surface area contributed by atoms with Crippen LogP contribution in [0.25, 0.3) is 0 Å². The summed E-state index contributed by atoms with van der Waals surface area (Å²) in [7, 11) is 0. The van der Waals surface area contributed by atoms with Gasteiger partial charge in [-0.15, -0.1) is 0 Å². The number of nitrogen functional groups attached to an aromatic ring is 1. The average Bonchev–Trinajstić information content (AvgIpc) is 2.15.